The van der Waals surface area contributed by atoms with Crippen LogP contribution in [0.25, 0.3) is 0 Å². The summed E-state index contributed by atoms with van der Waals surface area (Å²) in [6.07, 6.45) is -0.909. The zero-order valence-corrected chi connectivity index (χ0v) is 13.4. The van der Waals surface area contributed by atoms with Gasteiger partial charge in [-0.3, -0.25) is 4.79 Å². The molecule has 0 saturated carbocycles. The quantitative estimate of drug-likeness (QED) is 0.782. The second-order valence-corrected chi connectivity index (χ2v) is 6.98. The van der Waals surface area contributed by atoms with Crippen molar-refractivity contribution in [2.24, 2.45) is 0 Å². The Morgan fingerprint density at radius 1 is 1.18 bits per heavy atom. The number of rotatable bonds is 2. The van der Waals surface area contributed by atoms with Crippen LogP contribution in [0.2, 0.25) is 0 Å². The molecule has 2 aliphatic rings. The Morgan fingerprint density at radius 3 is 2.27 bits per heavy atom. The number of alkyl halides is 1. The van der Waals surface area contributed by atoms with Crippen molar-refractivity contribution in [3.63, 3.8) is 0 Å². The lowest BCUT2D eigenvalue weighted by atomic mass is 9.75. The summed E-state index contributed by atoms with van der Waals surface area (Å²) >= 11 is 0. The minimum atomic E-state index is -0.909. The number of likely N-dealkylation sites (tertiary alicyclic amines) is 1. The highest BCUT2D eigenvalue weighted by Crippen LogP contribution is 2.36. The van der Waals surface area contributed by atoms with E-state index in [-0.39, 0.29) is 19.0 Å². The van der Waals surface area contributed by atoms with Crippen LogP contribution in [-0.4, -0.2) is 48.4 Å². The fourth-order valence-corrected chi connectivity index (χ4v) is 2.63. The Kier molecular flexibility index (Phi) is 3.57. The number of carbonyl (C=O) groups excluding carboxylic acids is 1. The van der Waals surface area contributed by atoms with Gasteiger partial charge in [-0.15, -0.1) is 0 Å². The highest BCUT2D eigenvalue weighted by molar-refractivity contribution is 6.63. The van der Waals surface area contributed by atoms with Gasteiger partial charge in [0, 0.05) is 5.56 Å². The maximum atomic E-state index is 13.0. The minimum Gasteiger partial charge on any atom is -0.399 e. The lowest BCUT2D eigenvalue weighted by molar-refractivity contribution is 0.00578. The van der Waals surface area contributed by atoms with E-state index in [2.05, 4.69) is 0 Å². The fourth-order valence-electron chi connectivity index (χ4n) is 2.63. The normalized spacial score (nSPS) is 23.5. The average molecular weight is 305 g/mol. The van der Waals surface area contributed by atoms with Crippen molar-refractivity contribution in [3.05, 3.63) is 29.8 Å². The summed E-state index contributed by atoms with van der Waals surface area (Å²) in [7, 11) is -0.590. The SMILES string of the molecule is CC1(C)OB(c2ccccc2C(=O)N2CC(F)C2)OC1(C)C. The third-order valence-electron chi connectivity index (χ3n) is 4.82. The van der Waals surface area contributed by atoms with Crippen molar-refractivity contribution in [1.29, 1.82) is 0 Å². The first-order valence-electron chi connectivity index (χ1n) is 7.59. The van der Waals surface area contributed by atoms with Crippen molar-refractivity contribution in [2.75, 3.05) is 13.1 Å². The molecule has 3 rings (SSSR count). The number of amides is 1. The predicted molar refractivity (Wildman–Crippen MR) is 83.0 cm³/mol. The van der Waals surface area contributed by atoms with Crippen molar-refractivity contribution in [2.45, 2.75) is 45.1 Å². The van der Waals surface area contributed by atoms with Gasteiger partial charge in [0.15, 0.2) is 0 Å². The van der Waals surface area contributed by atoms with Gasteiger partial charge in [0.05, 0.1) is 24.3 Å². The maximum Gasteiger partial charge on any atom is 0.495 e. The molecule has 118 valence electrons. The summed E-state index contributed by atoms with van der Waals surface area (Å²) in [4.78, 5) is 14.0. The van der Waals surface area contributed by atoms with E-state index in [0.29, 0.717) is 11.0 Å². The lowest BCUT2D eigenvalue weighted by Crippen LogP contribution is -2.53. The van der Waals surface area contributed by atoms with Gasteiger partial charge in [0.25, 0.3) is 5.91 Å². The molecule has 6 heteroatoms. The van der Waals surface area contributed by atoms with Crippen LogP contribution >= 0.6 is 0 Å². The number of halogens is 1. The van der Waals surface area contributed by atoms with Crippen molar-refractivity contribution in [1.82, 2.24) is 4.90 Å². The van der Waals surface area contributed by atoms with Gasteiger partial charge in [-0.25, -0.2) is 4.39 Å². The van der Waals surface area contributed by atoms with Gasteiger partial charge in [-0.2, -0.15) is 0 Å². The molecule has 0 bridgehead atoms. The van der Waals surface area contributed by atoms with Crippen LogP contribution in [0.3, 0.4) is 0 Å². The molecule has 0 aromatic heterocycles. The Balaban J connectivity index is 1.88. The van der Waals surface area contributed by atoms with Gasteiger partial charge in [0.1, 0.15) is 6.17 Å². The molecule has 0 N–H and O–H groups in total. The molecule has 1 amide bonds. The molecule has 0 aliphatic carbocycles. The first-order valence-corrected chi connectivity index (χ1v) is 7.59. The Bertz CT molecular complexity index is 583. The Morgan fingerprint density at radius 2 is 1.73 bits per heavy atom. The zero-order chi connectivity index (χ0) is 16.1. The van der Waals surface area contributed by atoms with Crippen LogP contribution in [0.1, 0.15) is 38.1 Å². The van der Waals surface area contributed by atoms with Crippen LogP contribution < -0.4 is 5.46 Å². The molecule has 1 aromatic carbocycles. The summed E-state index contributed by atoms with van der Waals surface area (Å²) in [5, 5.41) is 0. The van der Waals surface area contributed by atoms with Crippen LogP contribution in [0.4, 0.5) is 4.39 Å². The van der Waals surface area contributed by atoms with Gasteiger partial charge in [0.2, 0.25) is 0 Å². The number of hydrogen-bond acceptors (Lipinski definition) is 3. The molecule has 2 fully saturated rings. The first kappa shape index (κ1) is 15.5. The van der Waals surface area contributed by atoms with Crippen molar-refractivity contribution in [3.8, 4) is 0 Å². The molecule has 0 radical (unpaired) electrons. The summed E-state index contributed by atoms with van der Waals surface area (Å²) in [6, 6.07) is 7.23. The zero-order valence-electron chi connectivity index (χ0n) is 13.4. The van der Waals surface area contributed by atoms with E-state index in [0.717, 1.165) is 0 Å². The van der Waals surface area contributed by atoms with Crippen molar-refractivity contribution < 1.29 is 18.5 Å². The predicted octanol–water partition coefficient (Wildman–Crippen LogP) is 1.78. The summed E-state index contributed by atoms with van der Waals surface area (Å²) in [5.74, 6) is -0.167. The van der Waals surface area contributed by atoms with Crippen molar-refractivity contribution >= 4 is 18.5 Å². The molecule has 0 atom stereocenters. The third kappa shape index (κ3) is 2.44. The van der Waals surface area contributed by atoms with Gasteiger partial charge in [-0.05, 0) is 39.2 Å². The molecule has 1 aromatic rings. The highest BCUT2D eigenvalue weighted by atomic mass is 19.1. The van der Waals surface area contributed by atoms with Crippen LogP contribution in [-0.2, 0) is 9.31 Å². The summed E-state index contributed by atoms with van der Waals surface area (Å²) < 4.78 is 25.1. The molecule has 0 spiro atoms. The van der Waals surface area contributed by atoms with Crippen LogP contribution in [0.5, 0.6) is 0 Å². The summed E-state index contributed by atoms with van der Waals surface area (Å²) in [5.41, 5.74) is 0.296. The molecule has 4 nitrogen and oxygen atoms in total. The molecule has 22 heavy (non-hydrogen) atoms. The van der Waals surface area contributed by atoms with E-state index in [1.54, 1.807) is 12.1 Å². The Hall–Kier alpha value is -1.40. The largest absolute Gasteiger partial charge is 0.495 e. The van der Waals surface area contributed by atoms with Gasteiger partial charge < -0.3 is 14.2 Å². The number of nitrogens with zero attached hydrogens (tertiary/aromatic N) is 1. The number of carbonyl (C=O) groups is 1. The number of benzene rings is 1. The second-order valence-electron chi connectivity index (χ2n) is 6.98. The first-order chi connectivity index (χ1) is 10.2. The minimum absolute atomic E-state index is 0.163. The maximum absolute atomic E-state index is 13.0. The van der Waals surface area contributed by atoms with E-state index in [1.165, 1.54) is 4.90 Å². The topological polar surface area (TPSA) is 38.8 Å². The molecule has 2 saturated heterocycles. The molecule has 2 heterocycles. The molecule has 2 aliphatic heterocycles. The van der Waals surface area contributed by atoms with E-state index >= 15 is 0 Å². The highest BCUT2D eigenvalue weighted by Gasteiger charge is 2.52. The Labute approximate surface area is 130 Å². The number of hydrogen-bond donors (Lipinski definition) is 0. The van der Waals surface area contributed by atoms with E-state index in [4.69, 9.17) is 9.31 Å². The molecular weight excluding hydrogens is 284 g/mol. The van der Waals surface area contributed by atoms with E-state index in [9.17, 15) is 9.18 Å². The second kappa shape index (κ2) is 5.06. The smallest absolute Gasteiger partial charge is 0.399 e. The third-order valence-corrected chi connectivity index (χ3v) is 4.82. The lowest BCUT2D eigenvalue weighted by Gasteiger charge is -2.34. The van der Waals surface area contributed by atoms with Gasteiger partial charge >= 0.3 is 7.12 Å². The molecular formula is C16H21BFNO3. The fraction of sp³-hybridized carbons (Fsp3) is 0.562. The monoisotopic (exact) mass is 305 g/mol. The van der Waals surface area contributed by atoms with E-state index < -0.39 is 24.5 Å². The van der Waals surface area contributed by atoms with Gasteiger partial charge in [-0.1, -0.05) is 18.2 Å². The standard InChI is InChI=1S/C16H21BFNO3/c1-15(2)16(3,4)22-17(21-15)13-8-6-5-7-12(13)14(20)19-9-11(18)10-19/h5-8,11H,9-10H2,1-4H3. The van der Waals surface area contributed by atoms with Crippen LogP contribution in [0, 0.1) is 0 Å². The summed E-state index contributed by atoms with van der Waals surface area (Å²) in [6.45, 7) is 8.22. The molecule has 0 unspecified atom stereocenters. The van der Waals surface area contributed by atoms with E-state index in [1.807, 2.05) is 39.8 Å². The average Bonchev–Trinajstić information content (AvgIpc) is 2.63. The van der Waals surface area contributed by atoms with Crippen LogP contribution in [0.15, 0.2) is 24.3 Å².